The van der Waals surface area contributed by atoms with E-state index in [1.165, 1.54) is 17.1 Å². The van der Waals surface area contributed by atoms with Crippen LogP contribution in [0.25, 0.3) is 0 Å². The van der Waals surface area contributed by atoms with Crippen LogP contribution in [-0.4, -0.2) is 58.1 Å². The van der Waals surface area contributed by atoms with Crippen LogP contribution in [0, 0.1) is 0 Å². The van der Waals surface area contributed by atoms with E-state index in [0.29, 0.717) is 18.9 Å². The maximum absolute atomic E-state index is 12.1. The Balaban J connectivity index is 1.89. The topological polar surface area (TPSA) is 96.7 Å². The Bertz CT molecular complexity index is 482. The number of aliphatic carboxylic acids is 1. The van der Waals surface area contributed by atoms with Crippen LogP contribution in [0.1, 0.15) is 12.8 Å². The van der Waals surface area contributed by atoms with Crippen LogP contribution >= 0.6 is 0 Å². The number of carboxylic acid groups (broad SMARTS) is 1. The molecular weight excluding hydrogens is 264 g/mol. The number of carbonyl (C=O) groups excluding carboxylic acids is 1. The van der Waals surface area contributed by atoms with Crippen molar-refractivity contribution in [3.8, 4) is 0 Å². The molecule has 0 atom stereocenters. The van der Waals surface area contributed by atoms with Crippen molar-refractivity contribution in [2.45, 2.75) is 25.4 Å². The fraction of sp³-hybridized carbons (Fsp3) is 0.583. The summed E-state index contributed by atoms with van der Waals surface area (Å²) >= 11 is 0. The Morgan fingerprint density at radius 3 is 2.90 bits per heavy atom. The van der Waals surface area contributed by atoms with Crippen LogP contribution in [0.2, 0.25) is 0 Å². The SMILES string of the molecule is CN(C(=O)Nc1cnn(CC(=O)O)c1)C1CCOCC1. The lowest BCUT2D eigenvalue weighted by molar-refractivity contribution is -0.137. The summed E-state index contributed by atoms with van der Waals surface area (Å²) in [5.41, 5.74) is 0.482. The van der Waals surface area contributed by atoms with E-state index in [2.05, 4.69) is 10.4 Å². The lowest BCUT2D eigenvalue weighted by Crippen LogP contribution is -2.42. The summed E-state index contributed by atoms with van der Waals surface area (Å²) < 4.78 is 6.52. The first kappa shape index (κ1) is 14.3. The van der Waals surface area contributed by atoms with E-state index in [0.717, 1.165) is 12.8 Å². The molecule has 0 aromatic carbocycles. The number of amides is 2. The molecule has 2 amide bonds. The third kappa shape index (κ3) is 3.70. The van der Waals surface area contributed by atoms with Gasteiger partial charge in [0.25, 0.3) is 0 Å². The molecule has 110 valence electrons. The minimum absolute atomic E-state index is 0.165. The summed E-state index contributed by atoms with van der Waals surface area (Å²) in [6.07, 6.45) is 4.56. The zero-order valence-electron chi connectivity index (χ0n) is 11.3. The molecule has 0 aliphatic carbocycles. The Kier molecular flexibility index (Phi) is 4.57. The van der Waals surface area contributed by atoms with Crippen molar-refractivity contribution in [2.75, 3.05) is 25.6 Å². The largest absolute Gasteiger partial charge is 0.480 e. The van der Waals surface area contributed by atoms with Crippen molar-refractivity contribution in [1.82, 2.24) is 14.7 Å². The minimum Gasteiger partial charge on any atom is -0.480 e. The first-order valence-electron chi connectivity index (χ1n) is 6.42. The molecule has 0 saturated carbocycles. The Morgan fingerprint density at radius 1 is 1.55 bits per heavy atom. The van der Waals surface area contributed by atoms with Gasteiger partial charge in [-0.05, 0) is 12.8 Å². The van der Waals surface area contributed by atoms with Crippen LogP contribution in [0.15, 0.2) is 12.4 Å². The van der Waals surface area contributed by atoms with Gasteiger partial charge in [-0.2, -0.15) is 5.10 Å². The maximum Gasteiger partial charge on any atom is 0.325 e. The fourth-order valence-corrected chi connectivity index (χ4v) is 2.10. The summed E-state index contributed by atoms with van der Waals surface area (Å²) in [7, 11) is 1.74. The molecule has 1 aliphatic heterocycles. The van der Waals surface area contributed by atoms with E-state index >= 15 is 0 Å². The van der Waals surface area contributed by atoms with Gasteiger partial charge in [0.05, 0.1) is 11.9 Å². The van der Waals surface area contributed by atoms with Crippen molar-refractivity contribution in [3.63, 3.8) is 0 Å². The number of hydrogen-bond donors (Lipinski definition) is 2. The maximum atomic E-state index is 12.1. The highest BCUT2D eigenvalue weighted by Gasteiger charge is 2.22. The molecule has 8 heteroatoms. The second-order valence-electron chi connectivity index (χ2n) is 4.70. The number of anilines is 1. The molecule has 1 fully saturated rings. The third-order valence-electron chi connectivity index (χ3n) is 3.24. The number of ether oxygens (including phenoxy) is 1. The predicted octanol–water partition coefficient (Wildman–Crippen LogP) is 0.610. The molecule has 2 rings (SSSR count). The second kappa shape index (κ2) is 6.38. The van der Waals surface area contributed by atoms with E-state index in [1.54, 1.807) is 11.9 Å². The highest BCUT2D eigenvalue weighted by atomic mass is 16.5. The van der Waals surface area contributed by atoms with Crippen LogP contribution in [-0.2, 0) is 16.1 Å². The van der Waals surface area contributed by atoms with Crippen molar-refractivity contribution in [2.24, 2.45) is 0 Å². The zero-order valence-corrected chi connectivity index (χ0v) is 11.3. The Morgan fingerprint density at radius 2 is 2.25 bits per heavy atom. The Hall–Kier alpha value is -2.09. The van der Waals surface area contributed by atoms with Gasteiger partial charge in [0.2, 0.25) is 0 Å². The first-order valence-corrected chi connectivity index (χ1v) is 6.42. The van der Waals surface area contributed by atoms with Gasteiger partial charge in [-0.15, -0.1) is 0 Å². The lowest BCUT2D eigenvalue weighted by Gasteiger charge is -2.31. The molecule has 1 aliphatic rings. The van der Waals surface area contributed by atoms with Gasteiger partial charge >= 0.3 is 12.0 Å². The van der Waals surface area contributed by atoms with Crippen LogP contribution in [0.4, 0.5) is 10.5 Å². The number of rotatable bonds is 4. The molecule has 1 aromatic rings. The van der Waals surface area contributed by atoms with Gasteiger partial charge in [0.15, 0.2) is 0 Å². The molecule has 0 radical (unpaired) electrons. The summed E-state index contributed by atoms with van der Waals surface area (Å²) in [4.78, 5) is 24.3. The highest BCUT2D eigenvalue weighted by molar-refractivity contribution is 5.89. The first-order chi connectivity index (χ1) is 9.56. The standard InChI is InChI=1S/C12H18N4O4/c1-15(10-2-4-20-5-3-10)12(19)14-9-6-13-16(7-9)8-11(17)18/h6-7,10H,2-5,8H2,1H3,(H,14,19)(H,17,18). The predicted molar refractivity (Wildman–Crippen MR) is 70.5 cm³/mol. The number of nitrogens with zero attached hydrogens (tertiary/aromatic N) is 3. The van der Waals surface area contributed by atoms with E-state index in [4.69, 9.17) is 9.84 Å². The van der Waals surface area contributed by atoms with E-state index in [1.807, 2.05) is 0 Å². The van der Waals surface area contributed by atoms with Gasteiger partial charge in [-0.3, -0.25) is 9.48 Å². The van der Waals surface area contributed by atoms with Crippen LogP contribution in [0.5, 0.6) is 0 Å². The molecule has 0 spiro atoms. The van der Waals surface area contributed by atoms with Crippen molar-refractivity contribution < 1.29 is 19.4 Å². The monoisotopic (exact) mass is 282 g/mol. The molecule has 1 saturated heterocycles. The van der Waals surface area contributed by atoms with Gasteiger partial charge < -0.3 is 20.1 Å². The van der Waals surface area contributed by atoms with Gasteiger partial charge in [0, 0.05) is 32.5 Å². The van der Waals surface area contributed by atoms with Crippen LogP contribution < -0.4 is 5.32 Å². The third-order valence-corrected chi connectivity index (χ3v) is 3.24. The molecular formula is C12H18N4O4. The summed E-state index contributed by atoms with van der Waals surface area (Å²) in [5.74, 6) is -0.981. The lowest BCUT2D eigenvalue weighted by atomic mass is 10.1. The molecule has 0 bridgehead atoms. The fourth-order valence-electron chi connectivity index (χ4n) is 2.10. The summed E-state index contributed by atoms with van der Waals surface area (Å²) in [6.45, 7) is 1.10. The molecule has 0 unspecified atom stereocenters. The summed E-state index contributed by atoms with van der Waals surface area (Å²) in [5, 5.41) is 15.2. The molecule has 8 nitrogen and oxygen atoms in total. The van der Waals surface area contributed by atoms with Crippen molar-refractivity contribution in [1.29, 1.82) is 0 Å². The zero-order chi connectivity index (χ0) is 14.5. The number of hydrogen-bond acceptors (Lipinski definition) is 4. The van der Waals surface area contributed by atoms with E-state index in [-0.39, 0.29) is 18.6 Å². The average molecular weight is 282 g/mol. The molecule has 2 heterocycles. The summed E-state index contributed by atoms with van der Waals surface area (Å²) in [6, 6.07) is -0.0652. The van der Waals surface area contributed by atoms with E-state index < -0.39 is 5.97 Å². The number of carbonyl (C=O) groups is 2. The highest BCUT2D eigenvalue weighted by Crippen LogP contribution is 2.14. The van der Waals surface area contributed by atoms with Crippen molar-refractivity contribution in [3.05, 3.63) is 12.4 Å². The van der Waals surface area contributed by atoms with Gasteiger partial charge in [-0.1, -0.05) is 0 Å². The number of aromatic nitrogens is 2. The normalized spacial score (nSPS) is 15.8. The number of urea groups is 1. The quantitative estimate of drug-likeness (QED) is 0.843. The average Bonchev–Trinajstić information content (AvgIpc) is 2.85. The minimum atomic E-state index is -0.981. The number of nitrogens with one attached hydrogen (secondary N) is 1. The smallest absolute Gasteiger partial charge is 0.325 e. The second-order valence-corrected chi connectivity index (χ2v) is 4.70. The van der Waals surface area contributed by atoms with Gasteiger partial charge in [-0.25, -0.2) is 4.79 Å². The molecule has 2 N–H and O–H groups in total. The number of carboxylic acids is 1. The van der Waals surface area contributed by atoms with Crippen molar-refractivity contribution >= 4 is 17.7 Å². The van der Waals surface area contributed by atoms with Crippen LogP contribution in [0.3, 0.4) is 0 Å². The molecule has 1 aromatic heterocycles. The molecule has 20 heavy (non-hydrogen) atoms. The van der Waals surface area contributed by atoms with E-state index in [9.17, 15) is 9.59 Å². The van der Waals surface area contributed by atoms with Gasteiger partial charge in [0.1, 0.15) is 6.54 Å². The Labute approximate surface area is 116 Å².